The van der Waals surface area contributed by atoms with Gasteiger partial charge in [-0.15, -0.1) is 0 Å². The fourth-order valence-corrected chi connectivity index (χ4v) is 2.30. The summed E-state index contributed by atoms with van der Waals surface area (Å²) in [6.45, 7) is 2.68. The van der Waals surface area contributed by atoms with Crippen LogP contribution in [0.1, 0.15) is 31.2 Å². The van der Waals surface area contributed by atoms with Gasteiger partial charge in [0, 0.05) is 19.2 Å². The fraction of sp³-hybridized carbons (Fsp3) is 0.500. The van der Waals surface area contributed by atoms with Crippen LogP contribution in [0.5, 0.6) is 0 Å². The molecule has 1 amide bonds. The molecule has 4 nitrogen and oxygen atoms in total. The number of rotatable bonds is 7. The zero-order chi connectivity index (χ0) is 14.3. The van der Waals surface area contributed by atoms with Gasteiger partial charge in [0.1, 0.15) is 9.84 Å². The third-order valence-corrected chi connectivity index (χ3v) is 3.91. The molecular weight excluding hydrogens is 262 g/mol. The standard InChI is InChI=1S/C14H21NO3S/c1-12(13-6-4-3-5-7-13)8-10-15-14(16)9-11-19(2,17)18/h3-7,12H,8-11H2,1-2H3,(H,15,16). The molecule has 0 aliphatic heterocycles. The Labute approximate surface area is 115 Å². The predicted molar refractivity (Wildman–Crippen MR) is 76.8 cm³/mol. The van der Waals surface area contributed by atoms with E-state index in [0.717, 1.165) is 12.7 Å². The smallest absolute Gasteiger partial charge is 0.221 e. The minimum absolute atomic E-state index is 0.0402. The van der Waals surface area contributed by atoms with Gasteiger partial charge in [-0.1, -0.05) is 37.3 Å². The number of nitrogens with one attached hydrogen (secondary N) is 1. The molecule has 106 valence electrons. The van der Waals surface area contributed by atoms with Gasteiger partial charge in [0.05, 0.1) is 5.75 Å². The van der Waals surface area contributed by atoms with Gasteiger partial charge >= 0.3 is 0 Å². The number of hydrogen-bond acceptors (Lipinski definition) is 3. The van der Waals surface area contributed by atoms with Crippen LogP contribution in [-0.4, -0.2) is 32.9 Å². The lowest BCUT2D eigenvalue weighted by molar-refractivity contribution is -0.120. The van der Waals surface area contributed by atoms with E-state index in [1.165, 1.54) is 5.56 Å². The highest BCUT2D eigenvalue weighted by Gasteiger charge is 2.09. The highest BCUT2D eigenvalue weighted by molar-refractivity contribution is 7.90. The molecule has 0 saturated heterocycles. The van der Waals surface area contributed by atoms with E-state index in [1.807, 2.05) is 18.2 Å². The maximum absolute atomic E-state index is 11.4. The van der Waals surface area contributed by atoms with Gasteiger partial charge in [-0.25, -0.2) is 8.42 Å². The Kier molecular flexibility index (Phi) is 6.02. The molecule has 5 heteroatoms. The molecule has 0 aliphatic rings. The summed E-state index contributed by atoms with van der Waals surface area (Å²) in [6.07, 6.45) is 2.02. The highest BCUT2D eigenvalue weighted by atomic mass is 32.2. The zero-order valence-electron chi connectivity index (χ0n) is 11.4. The molecule has 0 aliphatic carbocycles. The van der Waals surface area contributed by atoms with Crippen molar-refractivity contribution in [1.29, 1.82) is 0 Å². The largest absolute Gasteiger partial charge is 0.356 e. The zero-order valence-corrected chi connectivity index (χ0v) is 12.2. The third-order valence-electron chi connectivity index (χ3n) is 2.97. The predicted octanol–water partition coefficient (Wildman–Crippen LogP) is 1.73. The van der Waals surface area contributed by atoms with Crippen molar-refractivity contribution in [2.75, 3.05) is 18.6 Å². The monoisotopic (exact) mass is 283 g/mol. The molecule has 1 aromatic carbocycles. The van der Waals surface area contributed by atoms with Crippen LogP contribution in [0.4, 0.5) is 0 Å². The Bertz CT molecular complexity index is 497. The van der Waals surface area contributed by atoms with Crippen LogP contribution in [0.25, 0.3) is 0 Å². The van der Waals surface area contributed by atoms with E-state index < -0.39 is 9.84 Å². The minimum atomic E-state index is -3.06. The molecule has 1 N–H and O–H groups in total. The number of amides is 1. The number of carbonyl (C=O) groups is 1. The van der Waals surface area contributed by atoms with Crippen molar-refractivity contribution in [2.24, 2.45) is 0 Å². The molecule has 0 bridgehead atoms. The van der Waals surface area contributed by atoms with Crippen LogP contribution >= 0.6 is 0 Å². The second kappa shape index (κ2) is 7.28. The Balaban J connectivity index is 2.25. The molecule has 1 rings (SSSR count). The van der Waals surface area contributed by atoms with E-state index in [0.29, 0.717) is 12.5 Å². The average molecular weight is 283 g/mol. The van der Waals surface area contributed by atoms with E-state index in [1.54, 1.807) is 0 Å². The summed E-state index contributed by atoms with van der Waals surface area (Å²) in [5.74, 6) is 0.0784. The Hall–Kier alpha value is -1.36. The van der Waals surface area contributed by atoms with Crippen molar-refractivity contribution in [3.63, 3.8) is 0 Å². The Morgan fingerprint density at radius 3 is 2.47 bits per heavy atom. The van der Waals surface area contributed by atoms with Crippen LogP contribution in [0.3, 0.4) is 0 Å². The maximum Gasteiger partial charge on any atom is 0.221 e. The van der Waals surface area contributed by atoms with Gasteiger partial charge in [0.2, 0.25) is 5.91 Å². The van der Waals surface area contributed by atoms with Crippen molar-refractivity contribution in [3.05, 3.63) is 35.9 Å². The first kappa shape index (κ1) is 15.7. The van der Waals surface area contributed by atoms with Crippen molar-refractivity contribution in [2.45, 2.75) is 25.7 Å². The summed E-state index contributed by atoms with van der Waals surface area (Å²) >= 11 is 0. The van der Waals surface area contributed by atoms with Crippen LogP contribution in [0.15, 0.2) is 30.3 Å². The summed E-state index contributed by atoms with van der Waals surface area (Å²) in [5.41, 5.74) is 1.24. The fourth-order valence-electron chi connectivity index (χ4n) is 1.74. The van der Waals surface area contributed by atoms with E-state index >= 15 is 0 Å². The first-order valence-electron chi connectivity index (χ1n) is 6.38. The second-order valence-electron chi connectivity index (χ2n) is 4.83. The van der Waals surface area contributed by atoms with Crippen LogP contribution in [0.2, 0.25) is 0 Å². The molecule has 1 unspecified atom stereocenters. The molecule has 1 atom stereocenters. The first-order chi connectivity index (χ1) is 8.88. The lowest BCUT2D eigenvalue weighted by atomic mass is 9.98. The van der Waals surface area contributed by atoms with Gasteiger partial charge in [0.25, 0.3) is 0 Å². The number of hydrogen-bond donors (Lipinski definition) is 1. The molecular formula is C14H21NO3S. The highest BCUT2D eigenvalue weighted by Crippen LogP contribution is 2.17. The van der Waals surface area contributed by atoms with Gasteiger partial charge in [-0.3, -0.25) is 4.79 Å². The topological polar surface area (TPSA) is 63.2 Å². The minimum Gasteiger partial charge on any atom is -0.356 e. The van der Waals surface area contributed by atoms with Crippen LogP contribution < -0.4 is 5.32 Å². The lowest BCUT2D eigenvalue weighted by Gasteiger charge is -2.12. The van der Waals surface area contributed by atoms with Crippen LogP contribution in [0, 0.1) is 0 Å². The SMILES string of the molecule is CC(CCNC(=O)CCS(C)(=O)=O)c1ccccc1. The van der Waals surface area contributed by atoms with Crippen molar-refractivity contribution >= 4 is 15.7 Å². The Morgan fingerprint density at radius 2 is 1.89 bits per heavy atom. The van der Waals surface area contributed by atoms with E-state index in [4.69, 9.17) is 0 Å². The molecule has 0 radical (unpaired) electrons. The van der Waals surface area contributed by atoms with Crippen molar-refractivity contribution < 1.29 is 13.2 Å². The molecule has 0 aromatic heterocycles. The molecule has 0 spiro atoms. The summed E-state index contributed by atoms with van der Waals surface area (Å²) < 4.78 is 21.8. The molecule has 1 aromatic rings. The van der Waals surface area contributed by atoms with E-state index in [2.05, 4.69) is 24.4 Å². The summed E-state index contributed by atoms with van der Waals surface area (Å²) in [4.78, 5) is 11.4. The Morgan fingerprint density at radius 1 is 1.26 bits per heavy atom. The number of benzene rings is 1. The van der Waals surface area contributed by atoms with Gasteiger partial charge < -0.3 is 5.32 Å². The van der Waals surface area contributed by atoms with E-state index in [9.17, 15) is 13.2 Å². The third kappa shape index (κ3) is 6.96. The number of carbonyl (C=O) groups excluding carboxylic acids is 1. The molecule has 0 saturated carbocycles. The first-order valence-corrected chi connectivity index (χ1v) is 8.44. The second-order valence-corrected chi connectivity index (χ2v) is 7.09. The van der Waals surface area contributed by atoms with Gasteiger partial charge in [-0.05, 0) is 17.9 Å². The quantitative estimate of drug-likeness (QED) is 0.829. The molecule has 0 heterocycles. The van der Waals surface area contributed by atoms with Crippen molar-refractivity contribution in [1.82, 2.24) is 5.32 Å². The van der Waals surface area contributed by atoms with Gasteiger partial charge in [-0.2, -0.15) is 0 Å². The summed E-state index contributed by atoms with van der Waals surface area (Å²) in [5, 5.41) is 2.75. The normalized spacial score (nSPS) is 12.9. The van der Waals surface area contributed by atoms with Gasteiger partial charge in [0.15, 0.2) is 0 Å². The van der Waals surface area contributed by atoms with Crippen LogP contribution in [-0.2, 0) is 14.6 Å². The average Bonchev–Trinajstić information content (AvgIpc) is 2.36. The number of sulfone groups is 1. The molecule has 0 fully saturated rings. The summed E-state index contributed by atoms with van der Waals surface area (Å²) in [7, 11) is -3.06. The maximum atomic E-state index is 11.4. The van der Waals surface area contributed by atoms with E-state index in [-0.39, 0.29) is 18.1 Å². The lowest BCUT2D eigenvalue weighted by Crippen LogP contribution is -2.27. The van der Waals surface area contributed by atoms with Crippen molar-refractivity contribution in [3.8, 4) is 0 Å². The summed E-state index contributed by atoms with van der Waals surface area (Å²) in [6, 6.07) is 10.1. The molecule has 19 heavy (non-hydrogen) atoms.